The van der Waals surface area contributed by atoms with Crippen LogP contribution in [0.25, 0.3) is 0 Å². The van der Waals surface area contributed by atoms with Gasteiger partial charge in [-0.2, -0.15) is 10.5 Å². The number of Topliss-reactive ketones (excluding diaryl/α,β-unsaturated/α-hetero) is 1. The second-order valence-electron chi connectivity index (χ2n) is 9.20. The van der Waals surface area contributed by atoms with E-state index in [9.17, 15) is 30.4 Å². The molecule has 2 unspecified atom stereocenters. The fraction of sp³-hybridized carbons (Fsp3) is 0.381. The minimum absolute atomic E-state index is 0.109. The molecule has 0 radical (unpaired) electrons. The summed E-state index contributed by atoms with van der Waals surface area (Å²) in [6.45, 7) is 11.3. The molecule has 0 bridgehead atoms. The number of carbonyl (C=O) groups is 2. The summed E-state index contributed by atoms with van der Waals surface area (Å²) in [6.07, 6.45) is 3.10. The van der Waals surface area contributed by atoms with E-state index in [0.717, 1.165) is 18.2 Å². The van der Waals surface area contributed by atoms with Crippen molar-refractivity contribution in [2.75, 3.05) is 0 Å². The summed E-state index contributed by atoms with van der Waals surface area (Å²) < 4.78 is 0. The Kier molecular flexibility index (Phi) is 6.57. The van der Waals surface area contributed by atoms with Gasteiger partial charge in [0.05, 0.1) is 17.3 Å². The molecular formula is C21H27N3O6. The summed E-state index contributed by atoms with van der Waals surface area (Å²) in [5.41, 5.74) is -0.501. The normalized spacial score (nSPS) is 17.3. The first-order chi connectivity index (χ1) is 13.6. The smallest absolute Gasteiger partial charge is 0.277 e. The van der Waals surface area contributed by atoms with Crippen molar-refractivity contribution in [2.45, 2.75) is 41.5 Å². The minimum atomic E-state index is -1.35. The lowest BCUT2D eigenvalue weighted by Gasteiger charge is -2.30. The number of hydrogen-bond acceptors (Lipinski definition) is 6. The molecule has 4 N–H and O–H groups in total. The lowest BCUT2D eigenvalue weighted by atomic mass is 9.72. The maximum Gasteiger partial charge on any atom is 0.277 e. The van der Waals surface area contributed by atoms with Crippen LogP contribution in [0.15, 0.2) is 46.5 Å². The van der Waals surface area contributed by atoms with Gasteiger partial charge in [0.2, 0.25) is 0 Å². The van der Waals surface area contributed by atoms with Crippen molar-refractivity contribution in [1.29, 1.82) is 0 Å². The highest BCUT2D eigenvalue weighted by atomic mass is 16.8. The Hall–Kier alpha value is -2.53. The number of amides is 1. The number of quaternary nitrogens is 2. The molecule has 2 rings (SSSR count). The third-order valence-corrected chi connectivity index (χ3v) is 4.59. The van der Waals surface area contributed by atoms with E-state index in [1.807, 2.05) is 41.5 Å². The van der Waals surface area contributed by atoms with Crippen LogP contribution in [0.2, 0.25) is 0 Å². The number of allylic oxidation sites excluding steroid dienone is 4. The maximum absolute atomic E-state index is 13.0. The Morgan fingerprint density at radius 2 is 1.27 bits per heavy atom. The van der Waals surface area contributed by atoms with E-state index in [-0.39, 0.29) is 28.4 Å². The number of nitrogens with zero attached hydrogens (tertiary/aromatic N) is 1. The molecule has 1 aliphatic rings. The molecule has 9 heteroatoms. The predicted octanol–water partition coefficient (Wildman–Crippen LogP) is 1.60. The number of ketones is 1. The lowest BCUT2D eigenvalue weighted by Crippen LogP contribution is -3.00. The molecule has 0 aliphatic heterocycles. The molecule has 0 aromatic heterocycles. The van der Waals surface area contributed by atoms with Gasteiger partial charge in [-0.1, -0.05) is 41.5 Å². The Balaban J connectivity index is 2.60. The van der Waals surface area contributed by atoms with Crippen LogP contribution >= 0.6 is 0 Å². The number of benzene rings is 1. The van der Waals surface area contributed by atoms with Crippen molar-refractivity contribution >= 4 is 28.8 Å². The van der Waals surface area contributed by atoms with E-state index in [1.54, 1.807) is 12.2 Å². The van der Waals surface area contributed by atoms with E-state index in [0.29, 0.717) is 11.1 Å². The first-order valence-corrected chi connectivity index (χ1v) is 9.35. The Labute approximate surface area is 174 Å². The molecule has 1 aliphatic carbocycles. The highest BCUT2D eigenvalue weighted by molar-refractivity contribution is 6.25. The van der Waals surface area contributed by atoms with Crippen LogP contribution in [-0.4, -0.2) is 27.8 Å². The van der Waals surface area contributed by atoms with Crippen LogP contribution in [0.1, 0.15) is 51.9 Å². The van der Waals surface area contributed by atoms with Crippen LogP contribution < -0.4 is 10.5 Å². The van der Waals surface area contributed by atoms with Gasteiger partial charge >= 0.3 is 0 Å². The van der Waals surface area contributed by atoms with E-state index < -0.39 is 27.2 Å². The van der Waals surface area contributed by atoms with Crippen LogP contribution in [0, 0.1) is 21.2 Å². The summed E-state index contributed by atoms with van der Waals surface area (Å²) in [6, 6.07) is 3.14. The van der Waals surface area contributed by atoms with Gasteiger partial charge in [0.1, 0.15) is 0 Å². The molecule has 0 saturated carbocycles. The summed E-state index contributed by atoms with van der Waals surface area (Å²) in [5, 5.41) is 38.3. The zero-order valence-corrected chi connectivity index (χ0v) is 17.9. The topological polar surface area (TPSA) is 142 Å². The molecule has 1 amide bonds. The Bertz CT molecular complexity index is 898. The van der Waals surface area contributed by atoms with Gasteiger partial charge < -0.3 is 10.4 Å². The van der Waals surface area contributed by atoms with E-state index in [1.165, 1.54) is 0 Å². The first-order valence-electron chi connectivity index (χ1n) is 9.35. The third-order valence-electron chi connectivity index (χ3n) is 4.59. The number of nitrogens with one attached hydrogen (secondary N) is 2. The molecule has 2 atom stereocenters. The van der Waals surface area contributed by atoms with E-state index in [2.05, 4.69) is 4.99 Å². The number of hydrogen-bond donors (Lipinski definition) is 4. The lowest BCUT2D eigenvalue weighted by molar-refractivity contribution is -0.996. The SMILES string of the molecule is CC(C)(C)C1=CC(=NC(=O)c2cc([NH+]([O-])O)cc([NH+]([O-])O)c2)C=C(C(C)(C)C)C1=O. The van der Waals surface area contributed by atoms with Crippen LogP contribution in [0.4, 0.5) is 11.4 Å². The van der Waals surface area contributed by atoms with Gasteiger partial charge in [0.25, 0.3) is 5.91 Å². The zero-order valence-electron chi connectivity index (χ0n) is 17.9. The molecule has 1 aromatic carbocycles. The monoisotopic (exact) mass is 417 g/mol. The molecule has 9 nitrogen and oxygen atoms in total. The van der Waals surface area contributed by atoms with Crippen molar-refractivity contribution in [1.82, 2.24) is 0 Å². The molecule has 0 fully saturated rings. The van der Waals surface area contributed by atoms with Crippen LogP contribution in [0.3, 0.4) is 0 Å². The fourth-order valence-corrected chi connectivity index (χ4v) is 2.97. The molecule has 0 spiro atoms. The second-order valence-corrected chi connectivity index (χ2v) is 9.20. The van der Waals surface area contributed by atoms with E-state index in [4.69, 9.17) is 0 Å². The van der Waals surface area contributed by atoms with E-state index >= 15 is 0 Å². The minimum Gasteiger partial charge on any atom is -0.595 e. The molecular weight excluding hydrogens is 390 g/mol. The summed E-state index contributed by atoms with van der Waals surface area (Å²) >= 11 is 0. The van der Waals surface area contributed by atoms with Gasteiger partial charge in [-0.25, -0.2) is 15.4 Å². The Morgan fingerprint density at radius 3 is 1.60 bits per heavy atom. The standard InChI is InChI=1S/C21H27N3O6/c1-20(2,3)16-9-13(10-17(18(16)25)21(4,5)6)22-19(26)12-7-14(23(27)28)11-15(8-12)24(29)30/h7-11,23-24,27,29H,1-6H3. The fourth-order valence-electron chi connectivity index (χ4n) is 2.97. The summed E-state index contributed by atoms with van der Waals surface area (Å²) in [7, 11) is 0. The quantitative estimate of drug-likeness (QED) is 0.435. The molecule has 0 saturated heterocycles. The van der Waals surface area contributed by atoms with Gasteiger partial charge in [-0.05, 0) is 23.0 Å². The van der Waals surface area contributed by atoms with Gasteiger partial charge in [-0.15, -0.1) is 0 Å². The number of rotatable bonds is 3. The summed E-state index contributed by atoms with van der Waals surface area (Å²) in [4.78, 5) is 29.7. The van der Waals surface area contributed by atoms with Crippen molar-refractivity contribution in [2.24, 2.45) is 15.8 Å². The third kappa shape index (κ3) is 5.33. The zero-order chi connectivity index (χ0) is 23.0. The Morgan fingerprint density at radius 1 is 0.867 bits per heavy atom. The second kappa shape index (κ2) is 8.31. The van der Waals surface area contributed by atoms with Crippen molar-refractivity contribution in [3.05, 3.63) is 57.5 Å². The number of aliphatic imine (C=N–C) groups is 1. The first kappa shape index (κ1) is 23.7. The average molecular weight is 417 g/mol. The molecule has 30 heavy (non-hydrogen) atoms. The largest absolute Gasteiger partial charge is 0.595 e. The van der Waals surface area contributed by atoms with Crippen molar-refractivity contribution < 1.29 is 30.5 Å². The highest BCUT2D eigenvalue weighted by Crippen LogP contribution is 2.37. The van der Waals surface area contributed by atoms with Gasteiger partial charge in [0, 0.05) is 23.3 Å². The van der Waals surface area contributed by atoms with Gasteiger partial charge in [0.15, 0.2) is 17.2 Å². The van der Waals surface area contributed by atoms with Crippen LogP contribution in [-0.2, 0) is 4.79 Å². The molecule has 162 valence electrons. The summed E-state index contributed by atoms with van der Waals surface area (Å²) in [5.74, 6) is -0.901. The highest BCUT2D eigenvalue weighted by Gasteiger charge is 2.34. The number of carbonyl (C=O) groups excluding carboxylic acids is 2. The average Bonchev–Trinajstić information content (AvgIpc) is 2.60. The van der Waals surface area contributed by atoms with Crippen molar-refractivity contribution in [3.8, 4) is 0 Å². The predicted molar refractivity (Wildman–Crippen MR) is 110 cm³/mol. The molecule has 0 heterocycles. The van der Waals surface area contributed by atoms with Gasteiger partial charge in [-0.3, -0.25) is 9.59 Å². The van der Waals surface area contributed by atoms with Crippen LogP contribution in [0.5, 0.6) is 0 Å². The maximum atomic E-state index is 13.0. The van der Waals surface area contributed by atoms with Crippen molar-refractivity contribution in [3.63, 3.8) is 0 Å². The molecule has 1 aromatic rings.